The number of aliphatic hydroxyl groups is 1. The minimum Gasteiger partial charge on any atom is -0.392 e. The molecule has 1 unspecified atom stereocenters. The molecule has 0 heterocycles. The maximum Gasteiger partial charge on any atom is 0.145 e. The van der Waals surface area contributed by atoms with Gasteiger partial charge in [0, 0.05) is 5.41 Å². The van der Waals surface area contributed by atoms with Gasteiger partial charge in [-0.25, -0.2) is 0 Å². The summed E-state index contributed by atoms with van der Waals surface area (Å²) >= 11 is 0. The summed E-state index contributed by atoms with van der Waals surface area (Å²) in [6.07, 6.45) is 8.04. The summed E-state index contributed by atoms with van der Waals surface area (Å²) in [6.45, 7) is 4.18. The van der Waals surface area contributed by atoms with E-state index < -0.39 is 0 Å². The Morgan fingerprint density at radius 2 is 2.31 bits per heavy atom. The largest absolute Gasteiger partial charge is 0.392 e. The van der Waals surface area contributed by atoms with E-state index in [-0.39, 0.29) is 12.0 Å². The van der Waals surface area contributed by atoms with E-state index in [4.69, 9.17) is 0 Å². The lowest BCUT2D eigenvalue weighted by Gasteiger charge is -2.30. The Morgan fingerprint density at radius 1 is 1.56 bits per heavy atom. The Morgan fingerprint density at radius 3 is 2.94 bits per heavy atom. The van der Waals surface area contributed by atoms with Crippen molar-refractivity contribution >= 4 is 6.29 Å². The lowest BCUT2D eigenvalue weighted by molar-refractivity contribution is -0.104. The SMILES string of the molecule is C/C(C=O)=C1/CCC2=C(CO)CC=CC21C. The Labute approximate surface area is 96.4 Å². The van der Waals surface area contributed by atoms with E-state index in [9.17, 15) is 9.90 Å². The van der Waals surface area contributed by atoms with E-state index >= 15 is 0 Å². The summed E-state index contributed by atoms with van der Waals surface area (Å²) in [7, 11) is 0. The first kappa shape index (κ1) is 11.3. The quantitative estimate of drug-likeness (QED) is 0.439. The third kappa shape index (κ3) is 1.49. The van der Waals surface area contributed by atoms with Crippen LogP contribution >= 0.6 is 0 Å². The number of hydrogen-bond donors (Lipinski definition) is 1. The highest BCUT2D eigenvalue weighted by Gasteiger charge is 2.39. The second-order valence-electron chi connectivity index (χ2n) is 4.83. The van der Waals surface area contributed by atoms with Crippen LogP contribution in [0.4, 0.5) is 0 Å². The maximum absolute atomic E-state index is 10.9. The third-order valence-corrected chi connectivity index (χ3v) is 3.96. The molecule has 0 saturated heterocycles. The average Bonchev–Trinajstić information content (AvgIpc) is 2.64. The van der Waals surface area contributed by atoms with Gasteiger partial charge in [0.05, 0.1) is 6.61 Å². The summed E-state index contributed by atoms with van der Waals surface area (Å²) in [5, 5.41) is 9.36. The van der Waals surface area contributed by atoms with Crippen LogP contribution in [0.2, 0.25) is 0 Å². The highest BCUT2D eigenvalue weighted by Crippen LogP contribution is 2.52. The fraction of sp³-hybridized carbons (Fsp3) is 0.500. The van der Waals surface area contributed by atoms with E-state index in [0.29, 0.717) is 0 Å². The highest BCUT2D eigenvalue weighted by molar-refractivity contribution is 5.75. The van der Waals surface area contributed by atoms with Crippen molar-refractivity contribution in [3.8, 4) is 0 Å². The molecule has 0 radical (unpaired) electrons. The fourth-order valence-corrected chi connectivity index (χ4v) is 3.09. The van der Waals surface area contributed by atoms with Gasteiger partial charge < -0.3 is 5.11 Å². The Kier molecular flexibility index (Phi) is 2.85. The molecule has 1 fully saturated rings. The van der Waals surface area contributed by atoms with E-state index in [1.54, 1.807) is 0 Å². The van der Waals surface area contributed by atoms with Crippen molar-refractivity contribution in [2.75, 3.05) is 6.61 Å². The molecule has 0 aromatic rings. The topological polar surface area (TPSA) is 37.3 Å². The lowest BCUT2D eigenvalue weighted by atomic mass is 9.74. The van der Waals surface area contributed by atoms with Crippen LogP contribution in [-0.4, -0.2) is 18.0 Å². The summed E-state index contributed by atoms with van der Waals surface area (Å²) in [6, 6.07) is 0. The van der Waals surface area contributed by atoms with Gasteiger partial charge >= 0.3 is 0 Å². The fourth-order valence-electron chi connectivity index (χ4n) is 3.09. The van der Waals surface area contributed by atoms with Gasteiger partial charge in [0.15, 0.2) is 0 Å². The van der Waals surface area contributed by atoms with Crippen molar-refractivity contribution in [2.24, 2.45) is 5.41 Å². The molecule has 2 aliphatic rings. The van der Waals surface area contributed by atoms with Gasteiger partial charge in [-0.2, -0.15) is 0 Å². The smallest absolute Gasteiger partial charge is 0.145 e. The lowest BCUT2D eigenvalue weighted by Crippen LogP contribution is -2.19. The molecule has 2 aliphatic carbocycles. The number of aldehydes is 1. The van der Waals surface area contributed by atoms with Gasteiger partial charge in [-0.3, -0.25) is 4.79 Å². The molecule has 0 bridgehead atoms. The third-order valence-electron chi connectivity index (χ3n) is 3.96. The molecule has 0 spiro atoms. The molecule has 0 aromatic carbocycles. The molecule has 1 saturated carbocycles. The minimum atomic E-state index is -0.110. The van der Waals surface area contributed by atoms with Crippen molar-refractivity contribution in [3.63, 3.8) is 0 Å². The van der Waals surface area contributed by atoms with Crippen molar-refractivity contribution in [3.05, 3.63) is 34.4 Å². The van der Waals surface area contributed by atoms with Crippen molar-refractivity contribution in [2.45, 2.75) is 33.1 Å². The van der Waals surface area contributed by atoms with Gasteiger partial charge in [0.2, 0.25) is 0 Å². The molecule has 2 heteroatoms. The normalized spacial score (nSPS) is 31.7. The van der Waals surface area contributed by atoms with Crippen LogP contribution in [0, 0.1) is 5.41 Å². The molecule has 0 aliphatic heterocycles. The van der Waals surface area contributed by atoms with Gasteiger partial charge in [0.25, 0.3) is 0 Å². The number of carbonyl (C=O) groups is 1. The molecule has 2 rings (SSSR count). The van der Waals surface area contributed by atoms with Crippen LogP contribution in [0.25, 0.3) is 0 Å². The van der Waals surface area contributed by atoms with Crippen LogP contribution in [0.3, 0.4) is 0 Å². The zero-order valence-corrected chi connectivity index (χ0v) is 9.92. The maximum atomic E-state index is 10.9. The second kappa shape index (κ2) is 4.02. The van der Waals surface area contributed by atoms with Crippen molar-refractivity contribution in [1.29, 1.82) is 0 Å². The molecular weight excluding hydrogens is 200 g/mol. The number of carbonyl (C=O) groups excluding carboxylic acids is 1. The number of fused-ring (bicyclic) bond motifs is 1. The summed E-state index contributed by atoms with van der Waals surface area (Å²) in [4.78, 5) is 10.9. The molecule has 0 amide bonds. The molecule has 0 aromatic heterocycles. The van der Waals surface area contributed by atoms with Crippen molar-refractivity contribution < 1.29 is 9.90 Å². The van der Waals surface area contributed by atoms with E-state index in [1.165, 1.54) is 11.1 Å². The first-order valence-electron chi connectivity index (χ1n) is 5.79. The predicted molar refractivity (Wildman–Crippen MR) is 64.0 cm³/mol. The first-order valence-corrected chi connectivity index (χ1v) is 5.79. The van der Waals surface area contributed by atoms with Crippen LogP contribution in [0.5, 0.6) is 0 Å². The Bertz CT molecular complexity index is 412. The van der Waals surface area contributed by atoms with E-state index in [0.717, 1.165) is 36.7 Å². The monoisotopic (exact) mass is 218 g/mol. The number of aliphatic hydroxyl groups excluding tert-OH is 1. The van der Waals surface area contributed by atoms with E-state index in [1.807, 2.05) is 6.92 Å². The zero-order chi connectivity index (χ0) is 11.8. The predicted octanol–water partition coefficient (Wildman–Crippen LogP) is 2.55. The molecule has 86 valence electrons. The van der Waals surface area contributed by atoms with E-state index in [2.05, 4.69) is 19.1 Å². The highest BCUT2D eigenvalue weighted by atomic mass is 16.3. The molecule has 16 heavy (non-hydrogen) atoms. The molecular formula is C14H18O2. The minimum absolute atomic E-state index is 0.110. The van der Waals surface area contributed by atoms with Crippen LogP contribution in [0.1, 0.15) is 33.1 Å². The Balaban J connectivity index is 2.54. The zero-order valence-electron chi connectivity index (χ0n) is 9.92. The van der Waals surface area contributed by atoms with Gasteiger partial charge in [-0.05, 0) is 49.8 Å². The molecule has 1 atom stereocenters. The van der Waals surface area contributed by atoms with Crippen LogP contribution < -0.4 is 0 Å². The standard InChI is InChI=1S/C14H18O2/c1-10(8-15)12-5-6-13-11(9-16)4-3-7-14(12,13)2/h3,7-8,16H,4-6,9H2,1-2H3/b12-10+. The average molecular weight is 218 g/mol. The van der Waals surface area contributed by atoms with Gasteiger partial charge in [-0.15, -0.1) is 0 Å². The van der Waals surface area contributed by atoms with Gasteiger partial charge in [0.1, 0.15) is 6.29 Å². The summed E-state index contributed by atoms with van der Waals surface area (Å²) < 4.78 is 0. The summed E-state index contributed by atoms with van der Waals surface area (Å²) in [5.41, 5.74) is 4.43. The Hall–Kier alpha value is -1.15. The molecule has 2 nitrogen and oxygen atoms in total. The number of rotatable bonds is 2. The molecule has 1 N–H and O–H groups in total. The number of allylic oxidation sites excluding steroid dienone is 5. The summed E-state index contributed by atoms with van der Waals surface area (Å²) in [5.74, 6) is 0. The van der Waals surface area contributed by atoms with Crippen molar-refractivity contribution in [1.82, 2.24) is 0 Å². The first-order chi connectivity index (χ1) is 7.63. The second-order valence-corrected chi connectivity index (χ2v) is 4.83. The van der Waals surface area contributed by atoms with Crippen LogP contribution in [0.15, 0.2) is 34.4 Å². The van der Waals surface area contributed by atoms with Crippen LogP contribution in [-0.2, 0) is 4.79 Å². The number of hydrogen-bond acceptors (Lipinski definition) is 2. The van der Waals surface area contributed by atoms with Gasteiger partial charge in [-0.1, -0.05) is 17.7 Å².